The number of rotatable bonds is 2. The van der Waals surface area contributed by atoms with Crippen LogP contribution in [0.5, 0.6) is 5.75 Å². The van der Waals surface area contributed by atoms with E-state index in [1.54, 1.807) is 0 Å². The third kappa shape index (κ3) is 2.69. The van der Waals surface area contributed by atoms with Crippen molar-refractivity contribution in [1.82, 2.24) is 5.32 Å². The van der Waals surface area contributed by atoms with E-state index in [0.29, 0.717) is 5.92 Å². The van der Waals surface area contributed by atoms with Gasteiger partial charge in [-0.15, -0.1) is 0 Å². The first kappa shape index (κ1) is 14.9. The van der Waals surface area contributed by atoms with Gasteiger partial charge in [-0.1, -0.05) is 32.0 Å². The lowest BCUT2D eigenvalue weighted by Crippen LogP contribution is -2.52. The van der Waals surface area contributed by atoms with Crippen LogP contribution >= 0.6 is 0 Å². The van der Waals surface area contributed by atoms with Crippen LogP contribution in [0.15, 0.2) is 18.2 Å². The Morgan fingerprint density at radius 2 is 2.00 bits per heavy atom. The van der Waals surface area contributed by atoms with Crippen molar-refractivity contribution in [2.75, 3.05) is 13.1 Å². The second-order valence-electron chi connectivity index (χ2n) is 7.58. The van der Waals surface area contributed by atoms with Crippen LogP contribution in [-0.2, 0) is 11.2 Å². The molecule has 0 aliphatic carbocycles. The molecule has 2 aliphatic rings. The molecule has 1 saturated heterocycles. The number of para-hydroxylation sites is 1. The first-order valence-electron chi connectivity index (χ1n) is 8.00. The van der Waals surface area contributed by atoms with E-state index in [1.165, 1.54) is 11.1 Å². The predicted octanol–water partition coefficient (Wildman–Crippen LogP) is 3.48. The smallest absolute Gasteiger partial charge is 0.129 e. The number of fused-ring (bicyclic) bond motifs is 1. The Labute approximate surface area is 128 Å². The summed E-state index contributed by atoms with van der Waals surface area (Å²) in [6.45, 7) is 12.7. The average molecular weight is 289 g/mol. The number of morpholine rings is 1. The van der Waals surface area contributed by atoms with Crippen molar-refractivity contribution in [2.45, 2.75) is 58.3 Å². The van der Waals surface area contributed by atoms with E-state index in [4.69, 9.17) is 9.47 Å². The van der Waals surface area contributed by atoms with Crippen LogP contribution in [0, 0.1) is 5.92 Å². The first-order valence-corrected chi connectivity index (χ1v) is 8.00. The Balaban J connectivity index is 1.91. The van der Waals surface area contributed by atoms with Crippen LogP contribution in [0.4, 0.5) is 0 Å². The fourth-order valence-corrected chi connectivity index (χ4v) is 3.27. The van der Waals surface area contributed by atoms with Gasteiger partial charge in [0.25, 0.3) is 0 Å². The minimum absolute atomic E-state index is 0.0648. The molecule has 1 fully saturated rings. The zero-order valence-electron chi connectivity index (χ0n) is 13.8. The maximum atomic E-state index is 6.47. The zero-order chi connectivity index (χ0) is 15.3. The highest BCUT2D eigenvalue weighted by molar-refractivity contribution is 5.47. The Bertz CT molecular complexity index is 538. The largest absolute Gasteiger partial charge is 0.487 e. The van der Waals surface area contributed by atoms with Gasteiger partial charge in [0.15, 0.2) is 0 Å². The molecule has 0 amide bonds. The zero-order valence-corrected chi connectivity index (χ0v) is 13.8. The molecule has 3 nitrogen and oxygen atoms in total. The maximum Gasteiger partial charge on any atom is 0.129 e. The van der Waals surface area contributed by atoms with E-state index >= 15 is 0 Å². The quantitative estimate of drug-likeness (QED) is 0.904. The molecule has 116 valence electrons. The molecule has 21 heavy (non-hydrogen) atoms. The molecule has 3 heteroatoms. The van der Waals surface area contributed by atoms with Crippen molar-refractivity contribution >= 4 is 0 Å². The molecule has 1 N–H and O–H groups in total. The molecule has 2 unspecified atom stereocenters. The van der Waals surface area contributed by atoms with E-state index in [9.17, 15) is 0 Å². The molecule has 0 aromatic heterocycles. The minimum atomic E-state index is -0.125. The molecule has 1 aromatic carbocycles. The number of ether oxygens (including phenoxy) is 2. The summed E-state index contributed by atoms with van der Waals surface area (Å²) in [4.78, 5) is 0. The third-order valence-electron chi connectivity index (χ3n) is 4.91. The fraction of sp³-hybridized carbons (Fsp3) is 0.667. The van der Waals surface area contributed by atoms with E-state index in [-0.39, 0.29) is 17.3 Å². The summed E-state index contributed by atoms with van der Waals surface area (Å²) >= 11 is 0. The summed E-state index contributed by atoms with van der Waals surface area (Å²) in [5.41, 5.74) is 2.26. The molecule has 0 saturated carbocycles. The van der Waals surface area contributed by atoms with Gasteiger partial charge in [0.05, 0.1) is 11.7 Å². The van der Waals surface area contributed by atoms with Crippen molar-refractivity contribution in [2.24, 2.45) is 5.92 Å². The summed E-state index contributed by atoms with van der Waals surface area (Å²) in [6, 6.07) is 6.45. The van der Waals surface area contributed by atoms with Crippen LogP contribution < -0.4 is 10.1 Å². The van der Waals surface area contributed by atoms with Gasteiger partial charge in [-0.05, 0) is 32.3 Å². The SMILES string of the molecule is CC(C)C1(C)CNCC(c2cccc3c2OC(C)(C)C3)O1. The molecule has 2 aliphatic heterocycles. The summed E-state index contributed by atoms with van der Waals surface area (Å²) in [5.74, 6) is 1.52. The summed E-state index contributed by atoms with van der Waals surface area (Å²) in [7, 11) is 0. The minimum Gasteiger partial charge on any atom is -0.487 e. The van der Waals surface area contributed by atoms with E-state index < -0.39 is 0 Å². The summed E-state index contributed by atoms with van der Waals surface area (Å²) in [5, 5.41) is 3.54. The standard InChI is InChI=1S/C18H27NO2/c1-12(2)18(5)11-19-10-15(20-18)14-8-6-7-13-9-17(3,4)21-16(13)14/h6-8,12,15,19H,9-11H2,1-5H3. The Kier molecular flexibility index (Phi) is 3.53. The molecule has 1 aromatic rings. The Morgan fingerprint density at radius 1 is 1.24 bits per heavy atom. The number of benzene rings is 1. The highest BCUT2D eigenvalue weighted by Gasteiger charge is 2.39. The van der Waals surface area contributed by atoms with Crippen LogP contribution in [-0.4, -0.2) is 24.3 Å². The molecule has 0 radical (unpaired) electrons. The normalized spacial score (nSPS) is 31.0. The van der Waals surface area contributed by atoms with Gasteiger partial charge in [0.2, 0.25) is 0 Å². The number of hydrogen-bond donors (Lipinski definition) is 1. The van der Waals surface area contributed by atoms with Crippen LogP contribution in [0.2, 0.25) is 0 Å². The molecule has 0 spiro atoms. The molecule has 3 rings (SSSR count). The van der Waals surface area contributed by atoms with Crippen molar-refractivity contribution in [3.05, 3.63) is 29.3 Å². The number of hydrogen-bond acceptors (Lipinski definition) is 3. The monoisotopic (exact) mass is 289 g/mol. The summed E-state index contributed by atoms with van der Waals surface area (Å²) < 4.78 is 12.7. The topological polar surface area (TPSA) is 30.5 Å². The van der Waals surface area contributed by atoms with Crippen molar-refractivity contribution in [3.8, 4) is 5.75 Å². The van der Waals surface area contributed by atoms with Gasteiger partial charge in [-0.2, -0.15) is 0 Å². The van der Waals surface area contributed by atoms with E-state index in [0.717, 1.165) is 25.3 Å². The van der Waals surface area contributed by atoms with Crippen molar-refractivity contribution in [1.29, 1.82) is 0 Å². The second-order valence-corrected chi connectivity index (χ2v) is 7.58. The van der Waals surface area contributed by atoms with Gasteiger partial charge in [-0.3, -0.25) is 0 Å². The Morgan fingerprint density at radius 3 is 2.71 bits per heavy atom. The van der Waals surface area contributed by atoms with Gasteiger partial charge < -0.3 is 14.8 Å². The van der Waals surface area contributed by atoms with Crippen LogP contribution in [0.1, 0.15) is 51.8 Å². The highest BCUT2D eigenvalue weighted by Crippen LogP contribution is 2.43. The fourth-order valence-electron chi connectivity index (χ4n) is 3.27. The van der Waals surface area contributed by atoms with E-state index in [1.807, 2.05) is 0 Å². The molecule has 0 bridgehead atoms. The lowest BCUT2D eigenvalue weighted by molar-refractivity contribution is -0.132. The van der Waals surface area contributed by atoms with Crippen LogP contribution in [0.3, 0.4) is 0 Å². The van der Waals surface area contributed by atoms with Gasteiger partial charge in [-0.25, -0.2) is 0 Å². The Hall–Kier alpha value is -1.06. The lowest BCUT2D eigenvalue weighted by Gasteiger charge is -2.42. The van der Waals surface area contributed by atoms with Gasteiger partial charge in [0, 0.05) is 25.1 Å². The van der Waals surface area contributed by atoms with Crippen molar-refractivity contribution in [3.63, 3.8) is 0 Å². The average Bonchev–Trinajstić information content (AvgIpc) is 2.72. The van der Waals surface area contributed by atoms with Gasteiger partial charge in [0.1, 0.15) is 11.4 Å². The van der Waals surface area contributed by atoms with Gasteiger partial charge >= 0.3 is 0 Å². The predicted molar refractivity (Wildman–Crippen MR) is 84.8 cm³/mol. The highest BCUT2D eigenvalue weighted by atomic mass is 16.5. The second kappa shape index (κ2) is 4.99. The molecule has 2 atom stereocenters. The summed E-state index contributed by atoms with van der Waals surface area (Å²) in [6.07, 6.45) is 1.03. The van der Waals surface area contributed by atoms with Crippen molar-refractivity contribution < 1.29 is 9.47 Å². The van der Waals surface area contributed by atoms with Crippen LogP contribution in [0.25, 0.3) is 0 Å². The first-order chi connectivity index (χ1) is 9.81. The molecular formula is C18H27NO2. The maximum absolute atomic E-state index is 6.47. The van der Waals surface area contributed by atoms with E-state index in [2.05, 4.69) is 58.1 Å². The molecule has 2 heterocycles. The number of nitrogens with one attached hydrogen (secondary N) is 1. The lowest BCUT2D eigenvalue weighted by atomic mass is 9.89. The molecular weight excluding hydrogens is 262 g/mol. The third-order valence-corrected chi connectivity index (χ3v) is 4.91.